The summed E-state index contributed by atoms with van der Waals surface area (Å²) in [5.41, 5.74) is 15.1. The summed E-state index contributed by atoms with van der Waals surface area (Å²) in [6.07, 6.45) is 9.52. The van der Waals surface area contributed by atoms with Crippen LogP contribution >= 0.6 is 0 Å². The van der Waals surface area contributed by atoms with E-state index in [1.165, 1.54) is 76.9 Å². The largest absolute Gasteiger partial charge is 0.310 e. The van der Waals surface area contributed by atoms with Crippen LogP contribution in [0.5, 0.6) is 0 Å². The summed E-state index contributed by atoms with van der Waals surface area (Å²) in [6, 6.07) is 71.4. The summed E-state index contributed by atoms with van der Waals surface area (Å²) < 4.78 is 2.41. The molecule has 0 spiro atoms. The topological polar surface area (TPSA) is 8.17 Å². The first kappa shape index (κ1) is 37.3. The van der Waals surface area contributed by atoms with E-state index in [1.54, 1.807) is 0 Å². The van der Waals surface area contributed by atoms with Crippen molar-refractivity contribution < 1.29 is 0 Å². The molecule has 0 saturated heterocycles. The maximum Gasteiger partial charge on any atom is 0.0541 e. The first-order chi connectivity index (χ1) is 30.4. The molecule has 62 heavy (non-hydrogen) atoms. The van der Waals surface area contributed by atoms with Crippen molar-refractivity contribution in [2.75, 3.05) is 4.90 Å². The van der Waals surface area contributed by atoms with E-state index < -0.39 is 0 Å². The molecule has 0 unspecified atom stereocenters. The Hall–Kier alpha value is -7.68. The van der Waals surface area contributed by atoms with E-state index in [-0.39, 0.29) is 5.41 Å². The van der Waals surface area contributed by atoms with Gasteiger partial charge in [-0.25, -0.2) is 0 Å². The monoisotopic (exact) mass is 794 g/mol. The zero-order valence-corrected chi connectivity index (χ0v) is 35.1. The first-order valence-electron chi connectivity index (χ1n) is 21.6. The van der Waals surface area contributed by atoms with Crippen LogP contribution in [-0.4, -0.2) is 4.57 Å². The highest BCUT2D eigenvalue weighted by Gasteiger charge is 2.28. The zero-order valence-electron chi connectivity index (χ0n) is 35.1. The minimum Gasteiger partial charge on any atom is -0.310 e. The average molecular weight is 795 g/mol. The lowest BCUT2D eigenvalue weighted by atomic mass is 9.75. The molecule has 0 saturated carbocycles. The van der Waals surface area contributed by atoms with Crippen molar-refractivity contribution in [3.05, 3.63) is 242 Å². The molecule has 1 aromatic heterocycles. The number of anilines is 3. The van der Waals surface area contributed by atoms with Gasteiger partial charge in [0.15, 0.2) is 0 Å². The molecule has 0 atom stereocenters. The minimum atomic E-state index is -0.255. The molecule has 1 aliphatic carbocycles. The standard InChI is InChI=1S/C60H46N2/c1-41-16-5-4-6-19-44-31-34-52(40-56(44)60(41,2)3)61(57-29-15-21-43-18-9-10-26-53(43)57)50-25-14-24-48(38-50)45-22-13-23-46(36-45)49-32-35-59-55(39-49)54-27-11-12-28-58(54)62(59)51-33-30-42-17-7-8-20-47(42)37-51/h4-18,20-40H,1,19H2,2-3H3/b6-4-,16-5-. The number of aromatic nitrogens is 1. The molecule has 10 aromatic rings. The second-order valence-corrected chi connectivity index (χ2v) is 17.1. The third kappa shape index (κ3) is 6.44. The highest BCUT2D eigenvalue weighted by Crippen LogP contribution is 2.44. The van der Waals surface area contributed by atoms with Gasteiger partial charge < -0.3 is 9.47 Å². The predicted molar refractivity (Wildman–Crippen MR) is 265 cm³/mol. The fourth-order valence-corrected chi connectivity index (χ4v) is 9.57. The van der Waals surface area contributed by atoms with E-state index in [0.717, 1.165) is 34.6 Å². The van der Waals surface area contributed by atoms with Gasteiger partial charge in [-0.3, -0.25) is 0 Å². The minimum absolute atomic E-state index is 0.255. The van der Waals surface area contributed by atoms with Crippen LogP contribution in [0.1, 0.15) is 25.0 Å². The van der Waals surface area contributed by atoms with E-state index in [2.05, 4.69) is 248 Å². The molecular weight excluding hydrogens is 749 g/mol. The molecule has 1 aliphatic rings. The fourth-order valence-electron chi connectivity index (χ4n) is 9.57. The molecule has 11 rings (SSSR count). The molecule has 0 aliphatic heterocycles. The van der Waals surface area contributed by atoms with Gasteiger partial charge in [0.2, 0.25) is 0 Å². The molecule has 0 N–H and O–H groups in total. The van der Waals surface area contributed by atoms with Crippen LogP contribution in [0.15, 0.2) is 231 Å². The molecule has 0 radical (unpaired) electrons. The van der Waals surface area contributed by atoms with Crippen LogP contribution in [0, 0.1) is 0 Å². The van der Waals surface area contributed by atoms with E-state index >= 15 is 0 Å². The number of nitrogens with zero attached hydrogens (tertiary/aromatic N) is 2. The van der Waals surface area contributed by atoms with Crippen molar-refractivity contribution in [3.63, 3.8) is 0 Å². The lowest BCUT2D eigenvalue weighted by Gasteiger charge is -2.32. The Labute approximate surface area is 363 Å². The smallest absolute Gasteiger partial charge is 0.0541 e. The summed E-state index contributed by atoms with van der Waals surface area (Å²) >= 11 is 0. The highest BCUT2D eigenvalue weighted by atomic mass is 15.1. The average Bonchev–Trinajstić information content (AvgIpc) is 3.67. The van der Waals surface area contributed by atoms with Gasteiger partial charge in [0, 0.05) is 38.6 Å². The summed E-state index contributed by atoms with van der Waals surface area (Å²) in [5.74, 6) is 0. The Morgan fingerprint density at radius 2 is 1.15 bits per heavy atom. The number of para-hydroxylation sites is 1. The fraction of sp³-hybridized carbons (Fsp3) is 0.0667. The van der Waals surface area contributed by atoms with Gasteiger partial charge in [0.1, 0.15) is 0 Å². The molecule has 2 heteroatoms. The molecule has 1 heterocycles. The second-order valence-electron chi connectivity index (χ2n) is 17.1. The van der Waals surface area contributed by atoms with Crippen LogP contribution < -0.4 is 4.90 Å². The van der Waals surface area contributed by atoms with Crippen LogP contribution in [0.2, 0.25) is 0 Å². The van der Waals surface area contributed by atoms with Gasteiger partial charge in [0.05, 0.1) is 16.7 Å². The van der Waals surface area contributed by atoms with E-state index in [9.17, 15) is 0 Å². The maximum atomic E-state index is 4.53. The quantitative estimate of drug-likeness (QED) is 0.163. The molecular formula is C60H46N2. The summed E-state index contributed by atoms with van der Waals surface area (Å²) in [6.45, 7) is 9.12. The summed E-state index contributed by atoms with van der Waals surface area (Å²) in [7, 11) is 0. The second kappa shape index (κ2) is 15.1. The van der Waals surface area contributed by atoms with Gasteiger partial charge in [-0.1, -0.05) is 172 Å². The Morgan fingerprint density at radius 3 is 2.00 bits per heavy atom. The van der Waals surface area contributed by atoms with E-state index in [4.69, 9.17) is 0 Å². The summed E-state index contributed by atoms with van der Waals surface area (Å²) in [5, 5.41) is 7.40. The van der Waals surface area contributed by atoms with Gasteiger partial charge >= 0.3 is 0 Å². The van der Waals surface area contributed by atoms with Gasteiger partial charge in [0.25, 0.3) is 0 Å². The SMILES string of the molecule is C=C1/C=C\C=C/Cc2ccc(N(c3cccc(-c4cccc(-c5ccc6c(c5)c5ccccc5n6-c5ccc6ccccc6c5)c4)c3)c3cccc4ccccc34)cc2C1(C)C. The van der Waals surface area contributed by atoms with Crippen molar-refractivity contribution in [2.45, 2.75) is 25.7 Å². The number of allylic oxidation sites excluding steroid dienone is 5. The zero-order chi connectivity index (χ0) is 41.8. The van der Waals surface area contributed by atoms with Crippen LogP contribution in [0.4, 0.5) is 17.1 Å². The molecule has 0 bridgehead atoms. The number of hydrogen-bond donors (Lipinski definition) is 0. The normalized spacial score (nSPS) is 14.6. The first-order valence-corrected chi connectivity index (χ1v) is 21.6. The van der Waals surface area contributed by atoms with Crippen LogP contribution in [0.25, 0.3) is 71.3 Å². The maximum absolute atomic E-state index is 4.53. The van der Waals surface area contributed by atoms with Crippen LogP contribution in [-0.2, 0) is 11.8 Å². The van der Waals surface area contributed by atoms with Crippen molar-refractivity contribution in [1.29, 1.82) is 0 Å². The van der Waals surface area contributed by atoms with Crippen LogP contribution in [0.3, 0.4) is 0 Å². The lowest BCUT2D eigenvalue weighted by Crippen LogP contribution is -2.22. The Morgan fingerprint density at radius 1 is 0.484 bits per heavy atom. The number of hydrogen-bond acceptors (Lipinski definition) is 1. The third-order valence-corrected chi connectivity index (χ3v) is 13.0. The van der Waals surface area contributed by atoms with Gasteiger partial charge in [-0.15, -0.1) is 0 Å². The molecule has 2 nitrogen and oxygen atoms in total. The van der Waals surface area contributed by atoms with Crippen molar-refractivity contribution in [3.8, 4) is 27.9 Å². The van der Waals surface area contributed by atoms with Gasteiger partial charge in [-0.05, 0) is 128 Å². The number of fused-ring (bicyclic) bond motifs is 6. The highest BCUT2D eigenvalue weighted by molar-refractivity contribution is 6.11. The molecule has 0 fully saturated rings. The Bertz CT molecular complexity index is 3440. The molecule has 9 aromatic carbocycles. The lowest BCUT2D eigenvalue weighted by molar-refractivity contribution is 0.635. The predicted octanol–water partition coefficient (Wildman–Crippen LogP) is 16.4. The Balaban J connectivity index is 1.02. The third-order valence-electron chi connectivity index (χ3n) is 13.0. The van der Waals surface area contributed by atoms with E-state index in [1.807, 2.05) is 0 Å². The summed E-state index contributed by atoms with van der Waals surface area (Å²) in [4.78, 5) is 2.44. The van der Waals surface area contributed by atoms with Crippen molar-refractivity contribution >= 4 is 60.4 Å². The molecule has 0 amide bonds. The van der Waals surface area contributed by atoms with E-state index in [0.29, 0.717) is 0 Å². The van der Waals surface area contributed by atoms with Gasteiger partial charge in [-0.2, -0.15) is 0 Å². The molecule has 296 valence electrons. The van der Waals surface area contributed by atoms with Crippen molar-refractivity contribution in [2.24, 2.45) is 0 Å². The Kier molecular flexibility index (Phi) is 9.09. The number of benzene rings is 9. The van der Waals surface area contributed by atoms with Crippen molar-refractivity contribution in [1.82, 2.24) is 4.57 Å². The number of rotatable bonds is 6.